The highest BCUT2D eigenvalue weighted by Crippen LogP contribution is 2.32. The van der Waals surface area contributed by atoms with Gasteiger partial charge in [0, 0.05) is 24.9 Å². The van der Waals surface area contributed by atoms with E-state index in [2.05, 4.69) is 10.2 Å². The van der Waals surface area contributed by atoms with Crippen molar-refractivity contribution in [3.8, 4) is 23.0 Å². The average molecular weight is 635 g/mol. The van der Waals surface area contributed by atoms with Gasteiger partial charge in [-0.05, 0) is 85.7 Å². The molecule has 6 rings (SSSR count). The lowest BCUT2D eigenvalue weighted by molar-refractivity contribution is 0.0686. The number of hydrogen-bond acceptors (Lipinski definition) is 8. The van der Waals surface area contributed by atoms with Crippen molar-refractivity contribution in [1.82, 2.24) is 18.9 Å². The standard InChI is InChI=1S/C33H26N6O8/c1-16-22(28(40)36(3)26-24(16)30(42)38(34-26)20-12-8-18(9-13-20)32(44)45)6-5-7-23-17(2)25-27(37(4)29(23)41)35-39(31(25)43)21-14-10-19(11-15-21)33(46)47/h5-15,40H,1-4H3,(H,44,45)(H,46,47)/b6-5?,23-7-. The van der Waals surface area contributed by atoms with E-state index in [0.29, 0.717) is 28.1 Å². The lowest BCUT2D eigenvalue weighted by atomic mass is 10.0. The van der Waals surface area contributed by atoms with E-state index in [0.717, 1.165) is 9.69 Å². The molecule has 0 bridgehead atoms. The van der Waals surface area contributed by atoms with Crippen LogP contribution in [0.5, 0.6) is 5.88 Å². The van der Waals surface area contributed by atoms with E-state index in [9.17, 15) is 39.3 Å². The monoisotopic (exact) mass is 634 g/mol. The van der Waals surface area contributed by atoms with Crippen molar-refractivity contribution in [1.29, 1.82) is 0 Å². The van der Waals surface area contributed by atoms with E-state index >= 15 is 0 Å². The van der Waals surface area contributed by atoms with Crippen LogP contribution in [-0.4, -0.2) is 52.1 Å². The summed E-state index contributed by atoms with van der Waals surface area (Å²) < 4.78 is 3.73. The summed E-state index contributed by atoms with van der Waals surface area (Å²) in [5.74, 6) is -2.69. The van der Waals surface area contributed by atoms with Gasteiger partial charge in [0.25, 0.3) is 17.0 Å². The van der Waals surface area contributed by atoms with Crippen LogP contribution >= 0.6 is 0 Å². The number of benzene rings is 2. The van der Waals surface area contributed by atoms with Crippen LogP contribution in [0.3, 0.4) is 0 Å². The SMILES string of the molecule is Cc1c(C=C/C=c2/c(C)c3c(n(C)c2=O)=NN(c2ccc(C(=O)O)cc2)C3=O)c(O)n(C)c2nn(-c3ccc(C(=O)O)cc3)c(=O)c1-2. The number of fused-ring (bicyclic) bond motifs is 2. The van der Waals surface area contributed by atoms with E-state index in [1.54, 1.807) is 20.9 Å². The lowest BCUT2D eigenvalue weighted by Gasteiger charge is -2.14. The number of rotatable bonds is 6. The van der Waals surface area contributed by atoms with Gasteiger partial charge >= 0.3 is 11.9 Å². The van der Waals surface area contributed by atoms with Gasteiger partial charge in [0.2, 0.25) is 0 Å². The van der Waals surface area contributed by atoms with Crippen LogP contribution < -0.4 is 26.8 Å². The third-order valence-electron chi connectivity index (χ3n) is 8.18. The Morgan fingerprint density at radius 2 is 1.34 bits per heavy atom. The van der Waals surface area contributed by atoms with Crippen LogP contribution in [0.2, 0.25) is 0 Å². The number of hydrogen-bond donors (Lipinski definition) is 3. The summed E-state index contributed by atoms with van der Waals surface area (Å²) >= 11 is 0. The molecule has 3 aromatic rings. The number of carbonyl (C=O) groups excluding carboxylic acids is 1. The lowest BCUT2D eigenvalue weighted by Crippen LogP contribution is -2.44. The zero-order valence-electron chi connectivity index (χ0n) is 25.4. The smallest absolute Gasteiger partial charge is 0.335 e. The molecule has 0 atom stereocenters. The summed E-state index contributed by atoms with van der Waals surface area (Å²) in [5.41, 5.74) is 1.59. The molecule has 4 heterocycles. The second kappa shape index (κ2) is 11.1. The maximum Gasteiger partial charge on any atom is 0.335 e. The van der Waals surface area contributed by atoms with E-state index in [1.165, 1.54) is 82.9 Å². The summed E-state index contributed by atoms with van der Waals surface area (Å²) in [6.07, 6.45) is 4.57. The van der Waals surface area contributed by atoms with Crippen LogP contribution in [0, 0.1) is 13.8 Å². The maximum absolute atomic E-state index is 13.5. The second-order valence-electron chi connectivity index (χ2n) is 10.9. The van der Waals surface area contributed by atoms with Gasteiger partial charge in [-0.25, -0.2) is 9.59 Å². The molecular weight excluding hydrogens is 608 g/mol. The first-order valence-electron chi connectivity index (χ1n) is 14.1. The molecule has 0 saturated heterocycles. The van der Waals surface area contributed by atoms with Crippen LogP contribution in [0.4, 0.5) is 5.69 Å². The molecule has 1 amide bonds. The second-order valence-corrected chi connectivity index (χ2v) is 10.9. The van der Waals surface area contributed by atoms with Gasteiger partial charge in [0.1, 0.15) is 0 Å². The number of amides is 1. The number of allylic oxidation sites excluding steroid dienone is 1. The highest BCUT2D eigenvalue weighted by Gasteiger charge is 2.30. The molecule has 0 spiro atoms. The molecule has 3 aliphatic heterocycles. The molecule has 0 saturated carbocycles. The Bertz CT molecular complexity index is 2420. The molecule has 0 aliphatic carbocycles. The van der Waals surface area contributed by atoms with Gasteiger partial charge in [-0.2, -0.15) is 9.69 Å². The number of anilines is 1. The van der Waals surface area contributed by atoms with Crippen molar-refractivity contribution < 1.29 is 29.7 Å². The molecule has 2 aromatic carbocycles. The van der Waals surface area contributed by atoms with Gasteiger partial charge in [0.15, 0.2) is 17.2 Å². The van der Waals surface area contributed by atoms with Crippen LogP contribution in [0.25, 0.3) is 29.2 Å². The maximum atomic E-state index is 13.5. The minimum atomic E-state index is -1.11. The Morgan fingerprint density at radius 1 is 0.766 bits per heavy atom. The van der Waals surface area contributed by atoms with Crippen molar-refractivity contribution in [2.45, 2.75) is 13.8 Å². The molecule has 0 unspecified atom stereocenters. The number of aromatic carboxylic acids is 2. The largest absolute Gasteiger partial charge is 0.494 e. The molecule has 3 N–H and O–H groups in total. The number of carboxylic acid groups (broad SMARTS) is 2. The van der Waals surface area contributed by atoms with Crippen molar-refractivity contribution >= 4 is 35.7 Å². The summed E-state index contributed by atoms with van der Waals surface area (Å²) in [4.78, 5) is 62.7. The van der Waals surface area contributed by atoms with Gasteiger partial charge in [-0.1, -0.05) is 6.08 Å². The third kappa shape index (κ3) is 4.79. The zero-order chi connectivity index (χ0) is 33.9. The fourth-order valence-electron chi connectivity index (χ4n) is 5.54. The van der Waals surface area contributed by atoms with E-state index in [4.69, 9.17) is 0 Å². The predicted molar refractivity (Wildman–Crippen MR) is 170 cm³/mol. The van der Waals surface area contributed by atoms with Crippen LogP contribution in [0.1, 0.15) is 47.8 Å². The highest BCUT2D eigenvalue weighted by atomic mass is 16.4. The van der Waals surface area contributed by atoms with E-state index in [-0.39, 0.29) is 44.7 Å². The number of aromatic nitrogens is 4. The molecule has 3 aliphatic rings. The van der Waals surface area contributed by atoms with Crippen LogP contribution in [0.15, 0.2) is 69.3 Å². The fraction of sp³-hybridized carbons (Fsp3) is 0.121. The van der Waals surface area contributed by atoms with Gasteiger partial charge in [-0.3, -0.25) is 23.5 Å². The summed E-state index contributed by atoms with van der Waals surface area (Å²) in [6, 6.07) is 11.3. The molecule has 236 valence electrons. The van der Waals surface area contributed by atoms with Crippen molar-refractivity contribution in [2.75, 3.05) is 5.01 Å². The highest BCUT2D eigenvalue weighted by molar-refractivity contribution is 6.08. The number of carboxylic acids is 2. The number of pyridine rings is 2. The predicted octanol–water partition coefficient (Wildman–Crippen LogP) is 1.78. The van der Waals surface area contributed by atoms with Gasteiger partial charge < -0.3 is 15.3 Å². The van der Waals surface area contributed by atoms with E-state index in [1.807, 2.05) is 0 Å². The molecule has 14 heteroatoms. The first-order chi connectivity index (χ1) is 22.3. The van der Waals surface area contributed by atoms with Crippen LogP contribution in [-0.2, 0) is 14.1 Å². The quantitative estimate of drug-likeness (QED) is 0.250. The Kier molecular flexibility index (Phi) is 7.19. The first-order valence-corrected chi connectivity index (χ1v) is 14.1. The van der Waals surface area contributed by atoms with Crippen molar-refractivity contribution in [3.63, 3.8) is 0 Å². The first kappa shape index (κ1) is 30.5. The van der Waals surface area contributed by atoms with Gasteiger partial charge in [0.05, 0.1) is 33.6 Å². The Balaban J connectivity index is 1.40. The molecular formula is C33H26N6O8. The number of nitrogens with zero attached hydrogens (tertiary/aromatic N) is 6. The number of aromatic hydroxyl groups is 1. The summed E-state index contributed by atoms with van der Waals surface area (Å²) in [5, 5.41) is 39.5. The minimum absolute atomic E-state index is 0.0479. The van der Waals surface area contributed by atoms with Gasteiger partial charge in [-0.15, -0.1) is 10.2 Å². The summed E-state index contributed by atoms with van der Waals surface area (Å²) in [7, 11) is 3.03. The minimum Gasteiger partial charge on any atom is -0.494 e. The normalized spacial score (nSPS) is 13.1. The Labute approximate surface area is 264 Å². The Morgan fingerprint density at radius 3 is 1.91 bits per heavy atom. The third-order valence-corrected chi connectivity index (χ3v) is 8.18. The molecule has 0 radical (unpaired) electrons. The fourth-order valence-corrected chi connectivity index (χ4v) is 5.54. The zero-order valence-corrected chi connectivity index (χ0v) is 25.4. The molecule has 1 aromatic heterocycles. The average Bonchev–Trinajstić information content (AvgIpc) is 3.59. The Hall–Kier alpha value is -6.57. The molecule has 47 heavy (non-hydrogen) atoms. The van der Waals surface area contributed by atoms with Crippen molar-refractivity contribution in [3.05, 3.63) is 119 Å². The summed E-state index contributed by atoms with van der Waals surface area (Å²) in [6.45, 7) is 3.28. The van der Waals surface area contributed by atoms with Crippen molar-refractivity contribution in [2.24, 2.45) is 19.2 Å². The molecule has 0 fully saturated rings. The topological polar surface area (TPSA) is 189 Å². The molecule has 14 nitrogen and oxygen atoms in total. The van der Waals surface area contributed by atoms with E-state index < -0.39 is 29.0 Å². The number of carbonyl (C=O) groups is 3.